The predicted octanol–water partition coefficient (Wildman–Crippen LogP) is 13.6. The van der Waals surface area contributed by atoms with E-state index in [1.807, 2.05) is 0 Å². The topological polar surface area (TPSA) is 83.7 Å². The summed E-state index contributed by atoms with van der Waals surface area (Å²) in [7, 11) is -2.25. The molecule has 0 aliphatic carbocycles. The van der Waals surface area contributed by atoms with Crippen molar-refractivity contribution in [3.63, 3.8) is 0 Å². The van der Waals surface area contributed by atoms with Crippen LogP contribution in [0.4, 0.5) is 0 Å². The molecule has 0 saturated carbocycles. The molecule has 0 spiro atoms. The molecule has 10 aromatic rings. The summed E-state index contributed by atoms with van der Waals surface area (Å²) >= 11 is 0. The van der Waals surface area contributed by atoms with Crippen molar-refractivity contribution in [2.75, 3.05) is 0 Å². The van der Waals surface area contributed by atoms with Crippen molar-refractivity contribution in [3.8, 4) is 33.6 Å². The number of nitrogens with zero attached hydrogens (tertiary/aromatic N) is 2. The van der Waals surface area contributed by atoms with Crippen molar-refractivity contribution in [1.82, 2.24) is 9.13 Å². The van der Waals surface area contributed by atoms with Gasteiger partial charge >= 0.3 is 28.5 Å². The molecule has 8 aromatic carbocycles. The average Bonchev–Trinajstić information content (AvgIpc) is 1.67. The van der Waals surface area contributed by atoms with Crippen LogP contribution in [0.25, 0.3) is 77.2 Å². The minimum Gasteiger partial charge on any atom is -0.399 e. The van der Waals surface area contributed by atoms with Crippen LogP contribution in [0, 0.1) is 0 Å². The third kappa shape index (κ3) is 9.19. The van der Waals surface area contributed by atoms with Gasteiger partial charge in [-0.25, -0.2) is 0 Å². The molecule has 4 aliphatic heterocycles. The molecule has 434 valence electrons. The zero-order valence-corrected chi connectivity index (χ0v) is 52.4. The van der Waals surface area contributed by atoms with Crippen molar-refractivity contribution in [3.05, 3.63) is 181 Å². The van der Waals surface area contributed by atoms with Crippen LogP contribution >= 0.6 is 0 Å². The van der Waals surface area contributed by atoms with Crippen LogP contribution in [-0.2, 0) is 43.7 Å². The lowest BCUT2D eigenvalue weighted by molar-refractivity contribution is -0.00876. The van der Waals surface area contributed by atoms with Crippen molar-refractivity contribution in [2.24, 2.45) is 0 Å². The van der Waals surface area contributed by atoms with E-state index in [9.17, 15) is 0 Å². The molecule has 6 heterocycles. The zero-order valence-electron chi connectivity index (χ0n) is 52.4. The van der Waals surface area contributed by atoms with E-state index >= 15 is 0 Å². The number of benzene rings is 8. The minimum absolute atomic E-state index is 0.489. The fourth-order valence-corrected chi connectivity index (χ4v) is 13.0. The van der Waals surface area contributed by atoms with Crippen LogP contribution in [0.1, 0.15) is 109 Å². The Morgan fingerprint density at radius 2 is 0.651 bits per heavy atom. The van der Waals surface area contributed by atoms with E-state index in [-0.39, 0.29) is 0 Å². The van der Waals surface area contributed by atoms with E-state index in [1.54, 1.807) is 0 Å². The van der Waals surface area contributed by atoms with Crippen LogP contribution in [-0.4, -0.2) is 82.4 Å². The number of fused-ring (bicyclic) bond motifs is 6. The molecule has 14 heteroatoms. The van der Waals surface area contributed by atoms with E-state index in [2.05, 4.69) is 289 Å². The van der Waals surface area contributed by atoms with Crippen molar-refractivity contribution in [1.29, 1.82) is 0 Å². The highest BCUT2D eigenvalue weighted by Gasteiger charge is 2.56. The summed E-state index contributed by atoms with van der Waals surface area (Å²) in [5.41, 5.74) is 11.4. The van der Waals surface area contributed by atoms with Crippen molar-refractivity contribution in [2.45, 2.75) is 155 Å². The number of hydrogen-bond donors (Lipinski definition) is 0. The third-order valence-corrected chi connectivity index (χ3v) is 20.6. The highest BCUT2D eigenvalue weighted by molar-refractivity contribution is 6.64. The first-order chi connectivity index (χ1) is 40.6. The Morgan fingerprint density at radius 1 is 0.302 bits per heavy atom. The Kier molecular flexibility index (Phi) is 13.0. The predicted molar refractivity (Wildman–Crippen MR) is 353 cm³/mol. The Labute approximate surface area is 507 Å². The van der Waals surface area contributed by atoms with E-state index in [0.717, 1.165) is 105 Å². The standard InChI is InChI=1S/C72H76B4N2O8/c1-65(2)66(3,4)80-73(79-65)50-30-34-61-56(41-50)57-42-51(74-81-67(5,6)68(7,8)82-74)31-35-62(57)77(61)54-39-46(38-49(40-54)47-24-18-16-19-25-47)45-72(15)71(13,14)85-76(86-72)53-33-37-64-59(44-53)58-43-52(75-83-69(9,10)70(11,12)84-75)32-36-63(58)78(64)60-29-23-22-28-55(60)48-26-20-17-21-27-48/h16-44H,45H2,1-15H3. The van der Waals surface area contributed by atoms with Gasteiger partial charge in [0.05, 0.1) is 72.6 Å². The van der Waals surface area contributed by atoms with Gasteiger partial charge in [-0.05, 0) is 190 Å². The highest BCUT2D eigenvalue weighted by Crippen LogP contribution is 2.45. The lowest BCUT2D eigenvalue weighted by Crippen LogP contribution is -2.46. The molecule has 86 heavy (non-hydrogen) atoms. The van der Waals surface area contributed by atoms with Gasteiger partial charge in [0.15, 0.2) is 0 Å². The highest BCUT2D eigenvalue weighted by atomic mass is 16.7. The second kappa shape index (κ2) is 19.7. The molecule has 1 unspecified atom stereocenters. The molecule has 2 aromatic heterocycles. The summed E-state index contributed by atoms with van der Waals surface area (Å²) in [6, 6.07) is 63.4. The number of para-hydroxylation sites is 1. The summed E-state index contributed by atoms with van der Waals surface area (Å²) < 4.78 is 59.3. The Hall–Kier alpha value is -6.70. The molecular formula is C72H76B4N2O8. The molecule has 14 rings (SSSR count). The lowest BCUT2D eigenvalue weighted by atomic mass is 9.77. The van der Waals surface area contributed by atoms with Gasteiger partial charge in [0.1, 0.15) is 0 Å². The summed E-state index contributed by atoms with van der Waals surface area (Å²) in [5, 5.41) is 4.31. The van der Waals surface area contributed by atoms with Gasteiger partial charge < -0.3 is 46.4 Å². The van der Waals surface area contributed by atoms with Gasteiger partial charge in [-0.1, -0.05) is 133 Å². The van der Waals surface area contributed by atoms with Gasteiger partial charge in [0, 0.05) is 39.2 Å². The first-order valence-electron chi connectivity index (χ1n) is 30.6. The van der Waals surface area contributed by atoms with Gasteiger partial charge in [-0.15, -0.1) is 0 Å². The van der Waals surface area contributed by atoms with Gasteiger partial charge in [0.2, 0.25) is 0 Å². The van der Waals surface area contributed by atoms with Gasteiger partial charge in [0.25, 0.3) is 0 Å². The SMILES string of the molecule is CC1(C)OB(c2ccc3c(c2)c2cc(B4OC(C)(C)C(C)(C)O4)ccc2n3-c2cc(CC3(C)OB(c4ccc5c(c4)c4cc(B6OC(C)(C)C(C)(C)O6)ccc4n5-c4ccccc4-c4ccccc4)OC3(C)C)cc(-c3ccccc3)c2)OC1(C)C. The van der Waals surface area contributed by atoms with Crippen LogP contribution in [0.3, 0.4) is 0 Å². The summed E-state index contributed by atoms with van der Waals surface area (Å²) in [6.07, 6.45) is 0.564. The number of rotatable bonds is 10. The third-order valence-electron chi connectivity index (χ3n) is 20.6. The molecule has 0 radical (unpaired) electrons. The first kappa shape index (κ1) is 57.1. The second-order valence-electron chi connectivity index (χ2n) is 28.2. The molecule has 4 aliphatic rings. The largest absolute Gasteiger partial charge is 0.494 e. The van der Waals surface area contributed by atoms with Crippen LogP contribution in [0.5, 0.6) is 0 Å². The zero-order chi connectivity index (χ0) is 60.3. The quantitative estimate of drug-likeness (QED) is 0.125. The first-order valence-corrected chi connectivity index (χ1v) is 30.6. The van der Waals surface area contributed by atoms with E-state index < -0.39 is 73.3 Å². The molecular weight excluding hydrogens is 1060 g/mol. The van der Waals surface area contributed by atoms with Crippen LogP contribution in [0.15, 0.2) is 176 Å². The molecule has 4 saturated heterocycles. The number of hydrogen-bond acceptors (Lipinski definition) is 8. The van der Waals surface area contributed by atoms with Gasteiger partial charge in [-0.2, -0.15) is 0 Å². The molecule has 0 amide bonds. The Bertz CT molecular complexity index is 4200. The fraction of sp³-hybridized carbons (Fsp3) is 0.333. The summed E-state index contributed by atoms with van der Waals surface area (Å²) in [4.78, 5) is 0. The summed E-state index contributed by atoms with van der Waals surface area (Å²) in [6.45, 7) is 31.7. The second-order valence-corrected chi connectivity index (χ2v) is 28.2. The van der Waals surface area contributed by atoms with E-state index in [4.69, 9.17) is 37.2 Å². The van der Waals surface area contributed by atoms with E-state index in [0.29, 0.717) is 6.42 Å². The molecule has 10 nitrogen and oxygen atoms in total. The van der Waals surface area contributed by atoms with Crippen molar-refractivity contribution >= 4 is 93.9 Å². The average molecular weight is 1140 g/mol. The Balaban J connectivity index is 0.869. The fourth-order valence-electron chi connectivity index (χ4n) is 13.0. The summed E-state index contributed by atoms with van der Waals surface area (Å²) in [5.74, 6) is 0. The molecule has 4 fully saturated rings. The molecule has 0 N–H and O–H groups in total. The van der Waals surface area contributed by atoms with Crippen molar-refractivity contribution < 1.29 is 37.2 Å². The number of aromatic nitrogens is 2. The molecule has 0 bridgehead atoms. The maximum absolute atomic E-state index is 7.41. The minimum atomic E-state index is -0.776. The Morgan fingerprint density at radius 3 is 1.07 bits per heavy atom. The lowest BCUT2D eigenvalue weighted by Gasteiger charge is -2.36. The molecule has 1 atom stereocenters. The van der Waals surface area contributed by atoms with Crippen LogP contribution in [0.2, 0.25) is 0 Å². The maximum atomic E-state index is 7.41. The maximum Gasteiger partial charge on any atom is 0.494 e. The van der Waals surface area contributed by atoms with E-state index in [1.165, 1.54) is 0 Å². The van der Waals surface area contributed by atoms with Gasteiger partial charge in [-0.3, -0.25) is 0 Å². The monoisotopic (exact) mass is 1140 g/mol. The normalized spacial score (nSPS) is 21.7. The van der Waals surface area contributed by atoms with Crippen LogP contribution < -0.4 is 21.9 Å². The smallest absolute Gasteiger partial charge is 0.399 e.